The van der Waals surface area contributed by atoms with Crippen LogP contribution in [-0.2, 0) is 11.2 Å². The molecule has 0 N–H and O–H groups in total. The van der Waals surface area contributed by atoms with Crippen LogP contribution in [0.5, 0.6) is 5.75 Å². The van der Waals surface area contributed by atoms with Crippen LogP contribution in [0.1, 0.15) is 19.4 Å². The lowest BCUT2D eigenvalue weighted by atomic mass is 10.1. The first-order valence-corrected chi connectivity index (χ1v) is 8.54. The van der Waals surface area contributed by atoms with Crippen molar-refractivity contribution in [1.29, 1.82) is 0 Å². The molecule has 26 heavy (non-hydrogen) atoms. The van der Waals surface area contributed by atoms with Crippen LogP contribution in [0.2, 0.25) is 0 Å². The standard InChI is InChI=1S/C19H19N5O2/c1-13-11-15-5-3-4-6-18(15)24(13)19(25)14(2)26-17-9-7-16(8-10-17)23-12-20-21-22-23/h3-10,12-14H,11H2,1-2H3. The highest BCUT2D eigenvalue weighted by atomic mass is 16.5. The SMILES string of the molecule is CC(Oc1ccc(-n2cnnn2)cc1)C(=O)N1c2ccccc2CC1C. The summed E-state index contributed by atoms with van der Waals surface area (Å²) in [6, 6.07) is 15.5. The number of carbonyl (C=O) groups excluding carboxylic acids is 1. The lowest BCUT2D eigenvalue weighted by Crippen LogP contribution is -2.43. The van der Waals surface area contributed by atoms with Crippen molar-refractivity contribution in [3.05, 3.63) is 60.4 Å². The average Bonchev–Trinajstić information content (AvgIpc) is 3.29. The highest BCUT2D eigenvalue weighted by Crippen LogP contribution is 2.32. The second-order valence-electron chi connectivity index (χ2n) is 6.40. The highest BCUT2D eigenvalue weighted by Gasteiger charge is 2.33. The van der Waals surface area contributed by atoms with E-state index in [-0.39, 0.29) is 11.9 Å². The fourth-order valence-electron chi connectivity index (χ4n) is 3.31. The molecule has 1 aromatic heterocycles. The molecule has 0 saturated heterocycles. The minimum Gasteiger partial charge on any atom is -0.481 e. The number of tetrazole rings is 1. The van der Waals surface area contributed by atoms with Crippen LogP contribution in [0.3, 0.4) is 0 Å². The molecule has 7 nitrogen and oxygen atoms in total. The Morgan fingerprint density at radius 2 is 1.96 bits per heavy atom. The number of anilines is 1. The second-order valence-corrected chi connectivity index (χ2v) is 6.40. The van der Waals surface area contributed by atoms with Crippen LogP contribution in [0.25, 0.3) is 5.69 Å². The Labute approximate surface area is 151 Å². The maximum atomic E-state index is 12.9. The van der Waals surface area contributed by atoms with Crippen molar-refractivity contribution < 1.29 is 9.53 Å². The van der Waals surface area contributed by atoms with Gasteiger partial charge in [-0.1, -0.05) is 18.2 Å². The Kier molecular flexibility index (Phi) is 4.12. The molecule has 1 amide bonds. The summed E-state index contributed by atoms with van der Waals surface area (Å²) in [5, 5.41) is 11.1. The normalized spacial score (nSPS) is 17.0. The number of nitrogens with zero attached hydrogens (tertiary/aromatic N) is 5. The molecule has 1 aliphatic heterocycles. The number of amides is 1. The summed E-state index contributed by atoms with van der Waals surface area (Å²) in [7, 11) is 0. The van der Waals surface area contributed by atoms with Crippen LogP contribution < -0.4 is 9.64 Å². The van der Waals surface area contributed by atoms with E-state index in [0.29, 0.717) is 5.75 Å². The third-order valence-electron chi connectivity index (χ3n) is 4.56. The molecule has 0 fully saturated rings. The van der Waals surface area contributed by atoms with Gasteiger partial charge in [0.05, 0.1) is 5.69 Å². The van der Waals surface area contributed by atoms with E-state index in [1.807, 2.05) is 47.4 Å². The first kappa shape index (κ1) is 16.3. The maximum Gasteiger partial charge on any atom is 0.268 e. The Hall–Kier alpha value is -3.22. The van der Waals surface area contributed by atoms with E-state index >= 15 is 0 Å². The predicted octanol–water partition coefficient (Wildman–Crippen LogP) is 2.41. The number of carbonyl (C=O) groups is 1. The van der Waals surface area contributed by atoms with Gasteiger partial charge in [0.15, 0.2) is 6.10 Å². The number of fused-ring (bicyclic) bond motifs is 1. The molecule has 0 bridgehead atoms. The summed E-state index contributed by atoms with van der Waals surface area (Å²) in [4.78, 5) is 14.8. The van der Waals surface area contributed by atoms with Crippen molar-refractivity contribution >= 4 is 11.6 Å². The van der Waals surface area contributed by atoms with Gasteiger partial charge in [-0.05, 0) is 66.6 Å². The van der Waals surface area contributed by atoms with E-state index in [2.05, 4.69) is 28.5 Å². The average molecular weight is 349 g/mol. The van der Waals surface area contributed by atoms with Gasteiger partial charge >= 0.3 is 0 Å². The maximum absolute atomic E-state index is 12.9. The molecule has 0 radical (unpaired) electrons. The summed E-state index contributed by atoms with van der Waals surface area (Å²) in [6.45, 7) is 3.84. The Balaban J connectivity index is 1.48. The number of aromatic nitrogens is 4. The van der Waals surface area contributed by atoms with Gasteiger partial charge in [0.1, 0.15) is 12.1 Å². The van der Waals surface area contributed by atoms with Gasteiger partial charge in [-0.15, -0.1) is 5.10 Å². The van der Waals surface area contributed by atoms with Crippen molar-refractivity contribution in [2.75, 3.05) is 4.90 Å². The Morgan fingerprint density at radius 1 is 1.19 bits per heavy atom. The number of benzene rings is 2. The minimum absolute atomic E-state index is 0.0352. The quantitative estimate of drug-likeness (QED) is 0.723. The van der Waals surface area contributed by atoms with Crippen LogP contribution in [0, 0.1) is 0 Å². The molecule has 2 heterocycles. The molecule has 3 aromatic rings. The van der Waals surface area contributed by atoms with E-state index in [9.17, 15) is 4.79 Å². The van der Waals surface area contributed by atoms with Gasteiger partial charge in [0, 0.05) is 11.7 Å². The summed E-state index contributed by atoms with van der Waals surface area (Å²) in [6.07, 6.45) is 1.81. The van der Waals surface area contributed by atoms with Gasteiger partial charge < -0.3 is 9.64 Å². The Bertz CT molecular complexity index is 908. The zero-order valence-corrected chi connectivity index (χ0v) is 14.6. The summed E-state index contributed by atoms with van der Waals surface area (Å²) in [5.41, 5.74) is 3.00. The van der Waals surface area contributed by atoms with E-state index < -0.39 is 6.10 Å². The first-order chi connectivity index (χ1) is 12.6. The molecule has 0 spiro atoms. The molecule has 4 rings (SSSR count). The van der Waals surface area contributed by atoms with E-state index in [0.717, 1.165) is 17.8 Å². The van der Waals surface area contributed by atoms with Crippen molar-refractivity contribution in [3.63, 3.8) is 0 Å². The number of hydrogen-bond acceptors (Lipinski definition) is 5. The number of rotatable bonds is 4. The van der Waals surface area contributed by atoms with Crippen molar-refractivity contribution in [2.45, 2.75) is 32.4 Å². The molecule has 2 unspecified atom stereocenters. The highest BCUT2D eigenvalue weighted by molar-refractivity contribution is 5.99. The smallest absolute Gasteiger partial charge is 0.268 e. The predicted molar refractivity (Wildman–Crippen MR) is 96.3 cm³/mol. The zero-order chi connectivity index (χ0) is 18.1. The molecule has 2 atom stereocenters. The van der Waals surface area contributed by atoms with Crippen LogP contribution in [-0.4, -0.2) is 38.3 Å². The van der Waals surface area contributed by atoms with Gasteiger partial charge in [0.2, 0.25) is 0 Å². The third kappa shape index (κ3) is 2.92. The molecule has 0 saturated carbocycles. The van der Waals surface area contributed by atoms with Crippen LogP contribution in [0.15, 0.2) is 54.9 Å². The third-order valence-corrected chi connectivity index (χ3v) is 4.56. The van der Waals surface area contributed by atoms with Gasteiger partial charge in [-0.3, -0.25) is 4.79 Å². The molecule has 7 heteroatoms. The fraction of sp³-hybridized carbons (Fsp3) is 0.263. The van der Waals surface area contributed by atoms with Gasteiger partial charge in [-0.25, -0.2) is 4.68 Å². The fourth-order valence-corrected chi connectivity index (χ4v) is 3.31. The lowest BCUT2D eigenvalue weighted by Gasteiger charge is -2.26. The second kappa shape index (κ2) is 6.59. The van der Waals surface area contributed by atoms with Gasteiger partial charge in [-0.2, -0.15) is 0 Å². The van der Waals surface area contributed by atoms with Crippen LogP contribution in [0.4, 0.5) is 5.69 Å². The van der Waals surface area contributed by atoms with Crippen molar-refractivity contribution in [3.8, 4) is 11.4 Å². The summed E-state index contributed by atoms with van der Waals surface area (Å²) < 4.78 is 7.43. The minimum atomic E-state index is -0.581. The molecule has 0 aliphatic carbocycles. The number of ether oxygens (including phenoxy) is 1. The van der Waals surface area contributed by atoms with Crippen molar-refractivity contribution in [1.82, 2.24) is 20.2 Å². The van der Waals surface area contributed by atoms with E-state index in [1.54, 1.807) is 11.6 Å². The summed E-state index contributed by atoms with van der Waals surface area (Å²) in [5.74, 6) is 0.592. The van der Waals surface area contributed by atoms with E-state index in [1.165, 1.54) is 11.9 Å². The lowest BCUT2D eigenvalue weighted by molar-refractivity contribution is -0.124. The Morgan fingerprint density at radius 3 is 2.69 bits per heavy atom. The van der Waals surface area contributed by atoms with Gasteiger partial charge in [0.25, 0.3) is 5.91 Å². The van der Waals surface area contributed by atoms with E-state index in [4.69, 9.17) is 4.74 Å². The molecule has 2 aromatic carbocycles. The molecular formula is C19H19N5O2. The molecular weight excluding hydrogens is 330 g/mol. The topological polar surface area (TPSA) is 73.1 Å². The number of para-hydroxylation sites is 1. The zero-order valence-electron chi connectivity index (χ0n) is 14.6. The van der Waals surface area contributed by atoms with Crippen molar-refractivity contribution in [2.24, 2.45) is 0 Å². The van der Waals surface area contributed by atoms with Crippen LogP contribution >= 0.6 is 0 Å². The molecule has 132 valence electrons. The summed E-state index contributed by atoms with van der Waals surface area (Å²) >= 11 is 0. The monoisotopic (exact) mass is 349 g/mol. The first-order valence-electron chi connectivity index (χ1n) is 8.54. The number of hydrogen-bond donors (Lipinski definition) is 0. The molecule has 1 aliphatic rings. The largest absolute Gasteiger partial charge is 0.481 e.